The number of hydrogen-bond acceptors (Lipinski definition) is 5. The number of hydrogen-bond donors (Lipinski definition) is 0. The first kappa shape index (κ1) is 28.6. The molecule has 0 saturated heterocycles. The number of benzene rings is 3. The van der Waals surface area contributed by atoms with Crippen LogP contribution in [0.5, 0.6) is 0 Å². The molecule has 0 amide bonds. The Morgan fingerprint density at radius 1 is 1.07 bits per heavy atom. The quantitative estimate of drug-likeness (QED) is 0.216. The van der Waals surface area contributed by atoms with Crippen LogP contribution in [0.15, 0.2) is 100 Å². The van der Waals surface area contributed by atoms with Gasteiger partial charge in [-0.2, -0.15) is 0 Å². The minimum atomic E-state index is -0.654. The van der Waals surface area contributed by atoms with Gasteiger partial charge in [0, 0.05) is 29.2 Å². The van der Waals surface area contributed by atoms with Crippen molar-refractivity contribution < 1.29 is 13.9 Å². The molecule has 0 N–H and O–H groups in total. The van der Waals surface area contributed by atoms with E-state index in [9.17, 15) is 14.0 Å². The number of fused-ring (bicyclic) bond motifs is 2. The number of thiazole rings is 1. The van der Waals surface area contributed by atoms with Crippen LogP contribution in [0.3, 0.4) is 0 Å². The predicted octanol–water partition coefficient (Wildman–Crippen LogP) is 6.06. The summed E-state index contributed by atoms with van der Waals surface area (Å²) in [5.74, 6) is -0.393. The van der Waals surface area contributed by atoms with Crippen LogP contribution in [0.2, 0.25) is 0 Å². The van der Waals surface area contributed by atoms with Crippen molar-refractivity contribution in [2.24, 2.45) is 4.99 Å². The molecule has 1 aliphatic rings. The number of para-hydroxylation sites is 1. The van der Waals surface area contributed by atoms with E-state index in [0.717, 1.165) is 27.6 Å². The largest absolute Gasteiger partial charge is 0.463 e. The maximum Gasteiger partial charge on any atom is 0.338 e. The smallest absolute Gasteiger partial charge is 0.338 e. The topological polar surface area (TPSA) is 65.6 Å². The van der Waals surface area contributed by atoms with E-state index in [4.69, 9.17) is 9.73 Å². The van der Waals surface area contributed by atoms with Crippen molar-refractivity contribution in [3.8, 4) is 0 Å². The lowest BCUT2D eigenvalue weighted by atomic mass is 9.93. The van der Waals surface area contributed by atoms with Crippen molar-refractivity contribution in [1.29, 1.82) is 0 Å². The third-order valence-electron chi connectivity index (χ3n) is 7.81. The molecule has 6 nitrogen and oxygen atoms in total. The Hall–Kier alpha value is -4.56. The van der Waals surface area contributed by atoms with Gasteiger partial charge in [0.05, 0.1) is 28.5 Å². The standard InChI is InChI=1S/C35H32FN3O3S/c1-5-42-34(41)31-22(4)37-35-39(32(31)25-14-12-24(13-15-25)21(2)3)33(40)30(43-35)18-26-20-38(29-9-7-6-8-28(26)29)19-23-10-16-27(36)17-11-23/h6-18,20-21,32H,5,19H2,1-4H3/b30-18-. The number of aromatic nitrogens is 2. The molecule has 2 aromatic heterocycles. The first-order valence-electron chi connectivity index (χ1n) is 14.4. The molecule has 218 valence electrons. The third-order valence-corrected chi connectivity index (χ3v) is 8.79. The van der Waals surface area contributed by atoms with Crippen LogP contribution in [0.4, 0.5) is 4.39 Å². The number of rotatable bonds is 7. The Morgan fingerprint density at radius 2 is 1.79 bits per heavy atom. The van der Waals surface area contributed by atoms with Gasteiger partial charge in [-0.25, -0.2) is 14.2 Å². The number of carbonyl (C=O) groups is 1. The third kappa shape index (κ3) is 5.39. The molecule has 5 aromatic rings. The van der Waals surface area contributed by atoms with E-state index < -0.39 is 12.0 Å². The van der Waals surface area contributed by atoms with Crippen molar-refractivity contribution in [3.05, 3.63) is 138 Å². The Labute approximate surface area is 252 Å². The van der Waals surface area contributed by atoms with Crippen molar-refractivity contribution in [3.63, 3.8) is 0 Å². The fourth-order valence-corrected chi connectivity index (χ4v) is 6.66. The monoisotopic (exact) mass is 593 g/mol. The first-order valence-corrected chi connectivity index (χ1v) is 15.2. The van der Waals surface area contributed by atoms with Crippen molar-refractivity contribution in [2.75, 3.05) is 6.61 Å². The molecule has 43 heavy (non-hydrogen) atoms. The molecule has 0 radical (unpaired) electrons. The highest BCUT2D eigenvalue weighted by Crippen LogP contribution is 2.32. The van der Waals surface area contributed by atoms with Crippen molar-refractivity contribution >= 4 is 34.3 Å². The second-order valence-electron chi connectivity index (χ2n) is 11.0. The number of allylic oxidation sites excluding steroid dienone is 1. The van der Waals surface area contributed by atoms with E-state index in [0.29, 0.717) is 33.1 Å². The maximum atomic E-state index is 14.1. The SMILES string of the molecule is CCOC(=O)C1=C(C)N=c2s/c(=C\c3cn(Cc4ccc(F)cc4)c4ccccc34)c(=O)n2C1c1ccc(C(C)C)cc1. The van der Waals surface area contributed by atoms with Crippen LogP contribution < -0.4 is 14.9 Å². The molecule has 1 atom stereocenters. The van der Waals surface area contributed by atoms with Gasteiger partial charge in [-0.3, -0.25) is 9.36 Å². The number of carbonyl (C=O) groups excluding carboxylic acids is 1. The van der Waals surface area contributed by atoms with Gasteiger partial charge in [0.1, 0.15) is 5.82 Å². The van der Waals surface area contributed by atoms with Gasteiger partial charge in [0.25, 0.3) is 5.56 Å². The highest BCUT2D eigenvalue weighted by atomic mass is 32.1. The molecule has 3 heterocycles. The zero-order chi connectivity index (χ0) is 30.2. The Balaban J connectivity index is 1.50. The molecule has 1 aliphatic heterocycles. The number of ether oxygens (including phenoxy) is 1. The number of nitrogens with zero attached hydrogens (tertiary/aromatic N) is 3. The van der Waals surface area contributed by atoms with E-state index >= 15 is 0 Å². The van der Waals surface area contributed by atoms with Gasteiger partial charge in [-0.15, -0.1) is 0 Å². The normalized spacial score (nSPS) is 15.2. The fraction of sp³-hybridized carbons (Fsp3) is 0.229. The minimum Gasteiger partial charge on any atom is -0.463 e. The number of esters is 1. The first-order chi connectivity index (χ1) is 20.7. The van der Waals surface area contributed by atoms with E-state index in [1.807, 2.05) is 60.8 Å². The lowest BCUT2D eigenvalue weighted by molar-refractivity contribution is -0.139. The maximum absolute atomic E-state index is 14.1. The summed E-state index contributed by atoms with van der Waals surface area (Å²) in [6.45, 7) is 8.60. The molecule has 0 saturated carbocycles. The van der Waals surface area contributed by atoms with Crippen LogP contribution in [-0.2, 0) is 16.1 Å². The molecule has 8 heteroatoms. The molecule has 6 rings (SSSR count). The molecule has 0 fully saturated rings. The summed E-state index contributed by atoms with van der Waals surface area (Å²) in [6.07, 6.45) is 3.92. The van der Waals surface area contributed by atoms with Crippen LogP contribution >= 0.6 is 11.3 Å². The molecule has 0 bridgehead atoms. The van der Waals surface area contributed by atoms with E-state index in [2.05, 4.69) is 18.4 Å². The lowest BCUT2D eigenvalue weighted by Gasteiger charge is -2.25. The fourth-order valence-electron chi connectivity index (χ4n) is 5.62. The molecule has 3 aromatic carbocycles. The summed E-state index contributed by atoms with van der Waals surface area (Å²) in [6, 6.07) is 21.9. The molecular weight excluding hydrogens is 561 g/mol. The van der Waals surface area contributed by atoms with Gasteiger partial charge in [-0.05, 0) is 60.7 Å². The summed E-state index contributed by atoms with van der Waals surface area (Å²) in [5.41, 5.74) is 5.56. The van der Waals surface area contributed by atoms with Crippen LogP contribution in [0, 0.1) is 5.82 Å². The molecule has 0 aliphatic carbocycles. The zero-order valence-electron chi connectivity index (χ0n) is 24.5. The molecular formula is C35H32FN3O3S. The minimum absolute atomic E-state index is 0.216. The van der Waals surface area contributed by atoms with Crippen LogP contribution in [-0.4, -0.2) is 21.7 Å². The van der Waals surface area contributed by atoms with E-state index in [1.54, 1.807) is 30.5 Å². The summed E-state index contributed by atoms with van der Waals surface area (Å²) < 4.78 is 23.2. The van der Waals surface area contributed by atoms with Gasteiger partial charge in [-0.1, -0.05) is 79.8 Å². The summed E-state index contributed by atoms with van der Waals surface area (Å²) >= 11 is 1.31. The average Bonchev–Trinajstić information content (AvgIpc) is 3.49. The number of halogens is 1. The molecule has 1 unspecified atom stereocenters. The predicted molar refractivity (Wildman–Crippen MR) is 168 cm³/mol. The highest BCUT2D eigenvalue weighted by molar-refractivity contribution is 7.07. The summed E-state index contributed by atoms with van der Waals surface area (Å²) in [5, 5.41) is 1.000. The van der Waals surface area contributed by atoms with Crippen LogP contribution in [0.25, 0.3) is 17.0 Å². The zero-order valence-corrected chi connectivity index (χ0v) is 25.3. The Bertz CT molecular complexity index is 2050. The van der Waals surface area contributed by atoms with Crippen molar-refractivity contribution in [2.45, 2.75) is 46.2 Å². The van der Waals surface area contributed by atoms with Gasteiger partial charge >= 0.3 is 5.97 Å². The van der Waals surface area contributed by atoms with Crippen molar-refractivity contribution in [1.82, 2.24) is 9.13 Å². The van der Waals surface area contributed by atoms with E-state index in [1.165, 1.54) is 29.0 Å². The Morgan fingerprint density at radius 3 is 2.49 bits per heavy atom. The average molecular weight is 594 g/mol. The highest BCUT2D eigenvalue weighted by Gasteiger charge is 2.33. The lowest BCUT2D eigenvalue weighted by Crippen LogP contribution is -2.39. The van der Waals surface area contributed by atoms with E-state index in [-0.39, 0.29) is 18.0 Å². The summed E-state index contributed by atoms with van der Waals surface area (Å²) in [4.78, 5) is 32.6. The van der Waals surface area contributed by atoms with Crippen LogP contribution in [0.1, 0.15) is 61.9 Å². The second-order valence-corrected chi connectivity index (χ2v) is 12.0. The Kier molecular flexibility index (Phi) is 7.71. The van der Waals surface area contributed by atoms with Gasteiger partial charge in [0.2, 0.25) is 0 Å². The van der Waals surface area contributed by atoms with Gasteiger partial charge < -0.3 is 9.30 Å². The molecule has 0 spiro atoms. The second kappa shape index (κ2) is 11.6. The summed E-state index contributed by atoms with van der Waals surface area (Å²) in [7, 11) is 0. The van der Waals surface area contributed by atoms with Gasteiger partial charge in [0.15, 0.2) is 4.80 Å².